The minimum absolute atomic E-state index is 0.0877. The molecule has 6 nitrogen and oxygen atoms in total. The zero-order chi connectivity index (χ0) is 57.8. The molecule has 0 heterocycles. The van der Waals surface area contributed by atoms with Crippen LogP contribution in [0.5, 0.6) is 0 Å². The standard InChI is InChI=1S/C74H128O6/c1-4-7-10-13-16-19-22-25-28-31-33-34-35-36-37-38-39-40-42-43-46-49-52-55-58-61-64-67-73(76)79-70-71(69-78-72(75)66-63-60-57-54-51-48-45-30-27-24-21-18-15-12-9-6-3)80-74(77)68-65-62-59-56-53-50-47-44-41-32-29-26-23-20-17-14-11-8-5-2/h17,20-22,24-26,29-31,33,35-36,41,44-45,71H,4-16,18-19,23,27-28,32,34,37-40,42-43,46-70H2,1-3H3/b20-17-,24-21-,25-22-,29-26-,33-31-,36-35-,44-41-,45-30-. The summed E-state index contributed by atoms with van der Waals surface area (Å²) in [6.07, 6.45) is 91.3. The summed E-state index contributed by atoms with van der Waals surface area (Å²) >= 11 is 0. The van der Waals surface area contributed by atoms with Gasteiger partial charge in [0.25, 0.3) is 0 Å². The van der Waals surface area contributed by atoms with E-state index in [0.29, 0.717) is 19.3 Å². The topological polar surface area (TPSA) is 78.9 Å². The van der Waals surface area contributed by atoms with E-state index in [1.165, 1.54) is 180 Å². The van der Waals surface area contributed by atoms with Crippen molar-refractivity contribution in [2.45, 2.75) is 341 Å². The number of esters is 3. The highest BCUT2D eigenvalue weighted by atomic mass is 16.6. The molecular formula is C74H128O6. The molecule has 1 atom stereocenters. The minimum Gasteiger partial charge on any atom is -0.462 e. The third-order valence-electron chi connectivity index (χ3n) is 14.8. The molecule has 0 aromatic heterocycles. The number of ether oxygens (including phenoxy) is 3. The van der Waals surface area contributed by atoms with Crippen LogP contribution < -0.4 is 0 Å². The fraction of sp³-hybridized carbons (Fsp3) is 0.743. The molecule has 0 aliphatic heterocycles. The van der Waals surface area contributed by atoms with Crippen LogP contribution in [0.2, 0.25) is 0 Å². The molecular weight excluding hydrogens is 985 g/mol. The average Bonchev–Trinajstić information content (AvgIpc) is 3.46. The molecule has 0 aromatic carbocycles. The van der Waals surface area contributed by atoms with Gasteiger partial charge in [-0.05, 0) is 128 Å². The van der Waals surface area contributed by atoms with E-state index >= 15 is 0 Å². The van der Waals surface area contributed by atoms with Crippen molar-refractivity contribution < 1.29 is 28.6 Å². The number of hydrogen-bond donors (Lipinski definition) is 0. The number of unbranched alkanes of at least 4 members (excludes halogenated alkanes) is 35. The van der Waals surface area contributed by atoms with Crippen LogP contribution >= 0.6 is 0 Å². The van der Waals surface area contributed by atoms with E-state index in [9.17, 15) is 14.4 Å². The number of hydrogen-bond acceptors (Lipinski definition) is 6. The van der Waals surface area contributed by atoms with Gasteiger partial charge in [-0.2, -0.15) is 0 Å². The molecule has 0 rings (SSSR count). The Morgan fingerprint density at radius 3 is 0.738 bits per heavy atom. The van der Waals surface area contributed by atoms with Crippen molar-refractivity contribution in [3.8, 4) is 0 Å². The first kappa shape index (κ1) is 76.3. The van der Waals surface area contributed by atoms with Gasteiger partial charge < -0.3 is 14.2 Å². The molecule has 460 valence electrons. The monoisotopic (exact) mass is 1110 g/mol. The van der Waals surface area contributed by atoms with Crippen LogP contribution in [0.4, 0.5) is 0 Å². The fourth-order valence-corrected chi connectivity index (χ4v) is 9.61. The first-order chi connectivity index (χ1) is 39.5. The van der Waals surface area contributed by atoms with Crippen molar-refractivity contribution in [2.24, 2.45) is 0 Å². The maximum atomic E-state index is 12.9. The Labute approximate surface area is 496 Å². The number of carbonyl (C=O) groups is 3. The number of allylic oxidation sites excluding steroid dienone is 16. The van der Waals surface area contributed by atoms with Gasteiger partial charge in [0, 0.05) is 19.3 Å². The first-order valence-electron chi connectivity index (χ1n) is 34.2. The maximum absolute atomic E-state index is 12.9. The lowest BCUT2D eigenvalue weighted by Crippen LogP contribution is -2.30. The van der Waals surface area contributed by atoms with Crippen molar-refractivity contribution in [2.75, 3.05) is 13.2 Å². The Hall–Kier alpha value is -3.67. The maximum Gasteiger partial charge on any atom is 0.306 e. The van der Waals surface area contributed by atoms with Gasteiger partial charge in [0.05, 0.1) is 0 Å². The lowest BCUT2D eigenvalue weighted by molar-refractivity contribution is -0.167. The number of carbonyl (C=O) groups excluding carboxylic acids is 3. The summed E-state index contributed by atoms with van der Waals surface area (Å²) in [5, 5.41) is 0. The molecule has 0 spiro atoms. The fourth-order valence-electron chi connectivity index (χ4n) is 9.61. The minimum atomic E-state index is -0.794. The Morgan fingerprint density at radius 2 is 0.450 bits per heavy atom. The van der Waals surface area contributed by atoms with Gasteiger partial charge in [-0.1, -0.05) is 285 Å². The summed E-state index contributed by atoms with van der Waals surface area (Å²) in [4.78, 5) is 38.4. The largest absolute Gasteiger partial charge is 0.462 e. The normalized spacial score (nSPS) is 12.7. The first-order valence-corrected chi connectivity index (χ1v) is 34.2. The quantitative estimate of drug-likeness (QED) is 0.0261. The third-order valence-corrected chi connectivity index (χ3v) is 14.8. The number of rotatable bonds is 62. The van der Waals surface area contributed by atoms with Crippen molar-refractivity contribution in [1.82, 2.24) is 0 Å². The lowest BCUT2D eigenvalue weighted by atomic mass is 10.0. The van der Waals surface area contributed by atoms with Crippen LogP contribution in [0.1, 0.15) is 335 Å². The van der Waals surface area contributed by atoms with Crippen molar-refractivity contribution in [3.63, 3.8) is 0 Å². The van der Waals surface area contributed by atoms with Gasteiger partial charge in [0.1, 0.15) is 13.2 Å². The summed E-state index contributed by atoms with van der Waals surface area (Å²) in [5.41, 5.74) is 0. The molecule has 0 saturated heterocycles. The summed E-state index contributed by atoms with van der Waals surface area (Å²) in [7, 11) is 0. The highest BCUT2D eigenvalue weighted by Gasteiger charge is 2.19. The summed E-state index contributed by atoms with van der Waals surface area (Å²) < 4.78 is 17.0. The Balaban J connectivity index is 4.36. The highest BCUT2D eigenvalue weighted by Crippen LogP contribution is 2.16. The average molecular weight is 1110 g/mol. The Kier molecular flexibility index (Phi) is 64.7. The van der Waals surface area contributed by atoms with Gasteiger partial charge in [-0.25, -0.2) is 0 Å². The lowest BCUT2D eigenvalue weighted by Gasteiger charge is -2.18. The van der Waals surface area contributed by atoms with E-state index < -0.39 is 6.10 Å². The van der Waals surface area contributed by atoms with Crippen LogP contribution in [-0.2, 0) is 28.6 Å². The Bertz CT molecular complexity index is 1560. The second kappa shape index (κ2) is 67.8. The van der Waals surface area contributed by atoms with Gasteiger partial charge in [0.2, 0.25) is 0 Å². The predicted octanol–water partition coefficient (Wildman–Crippen LogP) is 23.6. The van der Waals surface area contributed by atoms with Gasteiger partial charge >= 0.3 is 17.9 Å². The molecule has 0 aliphatic carbocycles. The van der Waals surface area contributed by atoms with Gasteiger partial charge in [-0.15, -0.1) is 0 Å². The van der Waals surface area contributed by atoms with Crippen LogP contribution in [-0.4, -0.2) is 37.2 Å². The molecule has 0 aromatic rings. The molecule has 0 saturated carbocycles. The second-order valence-corrected chi connectivity index (χ2v) is 22.7. The van der Waals surface area contributed by atoms with Crippen molar-refractivity contribution in [3.05, 3.63) is 97.2 Å². The summed E-state index contributed by atoms with van der Waals surface area (Å²) in [6.45, 7) is 6.59. The van der Waals surface area contributed by atoms with Crippen molar-refractivity contribution >= 4 is 17.9 Å². The zero-order valence-corrected chi connectivity index (χ0v) is 52.8. The molecule has 6 heteroatoms. The molecule has 0 N–H and O–H groups in total. The highest BCUT2D eigenvalue weighted by molar-refractivity contribution is 5.71. The van der Waals surface area contributed by atoms with E-state index in [-0.39, 0.29) is 31.1 Å². The van der Waals surface area contributed by atoms with Crippen molar-refractivity contribution in [1.29, 1.82) is 0 Å². The predicted molar refractivity (Wildman–Crippen MR) is 348 cm³/mol. The third kappa shape index (κ3) is 65.1. The zero-order valence-electron chi connectivity index (χ0n) is 52.8. The van der Waals surface area contributed by atoms with E-state index in [2.05, 4.69) is 118 Å². The SMILES string of the molecule is CCCCC/C=C\C/C=C\C/C=C\CCCCCCCCC(=O)OC(COC(=O)CCCCCCC/C=C\C/C=C\CCCCCC)COC(=O)CCCCCCCCCCCCCC/C=C\C/C=C\C/C=C\CCCCCCC. The molecule has 0 radical (unpaired) electrons. The van der Waals surface area contributed by atoms with E-state index in [1.807, 2.05) is 0 Å². The summed E-state index contributed by atoms with van der Waals surface area (Å²) in [5.74, 6) is -0.904. The molecule has 80 heavy (non-hydrogen) atoms. The molecule has 0 aliphatic rings. The molecule has 1 unspecified atom stereocenters. The van der Waals surface area contributed by atoms with Crippen LogP contribution in [0.3, 0.4) is 0 Å². The second-order valence-electron chi connectivity index (χ2n) is 22.7. The van der Waals surface area contributed by atoms with Crippen LogP contribution in [0, 0.1) is 0 Å². The van der Waals surface area contributed by atoms with Gasteiger partial charge in [-0.3, -0.25) is 14.4 Å². The van der Waals surface area contributed by atoms with Gasteiger partial charge in [0.15, 0.2) is 6.10 Å². The molecule has 0 amide bonds. The van der Waals surface area contributed by atoms with E-state index in [4.69, 9.17) is 14.2 Å². The summed E-state index contributed by atoms with van der Waals surface area (Å²) in [6, 6.07) is 0. The van der Waals surface area contributed by atoms with E-state index in [0.717, 1.165) is 116 Å². The van der Waals surface area contributed by atoms with E-state index in [1.54, 1.807) is 0 Å². The van der Waals surface area contributed by atoms with Crippen LogP contribution in [0.15, 0.2) is 97.2 Å². The smallest absolute Gasteiger partial charge is 0.306 e. The molecule has 0 fully saturated rings. The Morgan fingerprint density at radius 1 is 0.250 bits per heavy atom. The van der Waals surface area contributed by atoms with Crippen LogP contribution in [0.25, 0.3) is 0 Å². The molecule has 0 bridgehead atoms.